The first kappa shape index (κ1) is 17.1. The predicted molar refractivity (Wildman–Crippen MR) is 89.1 cm³/mol. The Hall–Kier alpha value is 0.0987. The van der Waals surface area contributed by atoms with Crippen LogP contribution < -0.4 is 10.6 Å². The minimum Gasteiger partial charge on any atom is -0.0622 e. The van der Waals surface area contributed by atoms with Crippen molar-refractivity contribution >= 4 is 50.2 Å². The fraction of sp³-hybridized carbons (Fsp3) is 0.143. The zero-order chi connectivity index (χ0) is 11.6. The van der Waals surface area contributed by atoms with Gasteiger partial charge in [0.05, 0.1) is 0 Å². The minimum atomic E-state index is 0. The van der Waals surface area contributed by atoms with Gasteiger partial charge in [-0.05, 0) is 10.6 Å². The summed E-state index contributed by atoms with van der Waals surface area (Å²) < 4.78 is 0. The van der Waals surface area contributed by atoms with Gasteiger partial charge < -0.3 is 0 Å². The monoisotopic (exact) mass is 370 g/mol. The first-order valence-electron chi connectivity index (χ1n) is 5.32. The van der Waals surface area contributed by atoms with Gasteiger partial charge in [0.15, 0.2) is 0 Å². The molecule has 0 aliphatic heterocycles. The van der Waals surface area contributed by atoms with E-state index in [0.29, 0.717) is 0 Å². The van der Waals surface area contributed by atoms with Crippen molar-refractivity contribution in [1.29, 1.82) is 0 Å². The van der Waals surface area contributed by atoms with E-state index in [0.717, 1.165) is 8.58 Å². The van der Waals surface area contributed by atoms with E-state index in [1.54, 1.807) is 0 Å². The molecule has 1 atom stereocenters. The van der Waals surface area contributed by atoms with Crippen LogP contribution in [0.3, 0.4) is 0 Å². The van der Waals surface area contributed by atoms with Gasteiger partial charge in [-0.2, -0.15) is 9.90 Å². The molecule has 0 bridgehead atoms. The molecule has 2 rings (SSSR count). The first-order valence-corrected chi connectivity index (χ1v) is 12.0. The summed E-state index contributed by atoms with van der Waals surface area (Å²) in [5, 5.41) is 2.79. The third-order valence-electron chi connectivity index (χ3n) is 1.84. The summed E-state index contributed by atoms with van der Waals surface area (Å²) in [6.45, 7) is 0. The van der Waals surface area contributed by atoms with E-state index in [2.05, 4.69) is 70.5 Å². The molecule has 0 nitrogen and oxygen atoms in total. The van der Waals surface area contributed by atoms with Crippen molar-refractivity contribution in [3.05, 3.63) is 60.7 Å². The Morgan fingerprint density at radius 3 is 1.29 bits per heavy atom. The number of rotatable bonds is 2. The van der Waals surface area contributed by atoms with Crippen LogP contribution in [0.25, 0.3) is 0 Å². The molecule has 0 N–H and O–H groups in total. The average Bonchev–Trinajstić information content (AvgIpc) is 2.33. The van der Waals surface area contributed by atoms with Crippen LogP contribution in [0.15, 0.2) is 60.7 Å². The molecule has 0 saturated heterocycles. The molecule has 0 saturated carbocycles. The molecule has 0 fully saturated rings. The van der Waals surface area contributed by atoms with Crippen molar-refractivity contribution in [2.45, 2.75) is 9.88 Å². The topological polar surface area (TPSA) is 0 Å². The molecule has 2 radical (unpaired) electrons. The van der Waals surface area contributed by atoms with E-state index < -0.39 is 0 Å². The molecule has 0 spiro atoms. The molecule has 90 valence electrons. The Labute approximate surface area is 120 Å². The van der Waals surface area contributed by atoms with Crippen molar-refractivity contribution in [3.63, 3.8) is 0 Å². The number of hydrogen-bond acceptors (Lipinski definition) is 0. The van der Waals surface area contributed by atoms with Crippen LogP contribution in [0.2, 0.25) is 9.88 Å². The quantitative estimate of drug-likeness (QED) is 0.564. The second-order valence-corrected chi connectivity index (χ2v) is 7.62. The summed E-state index contributed by atoms with van der Waals surface area (Å²) in [7, 11) is 0.777. The van der Waals surface area contributed by atoms with Crippen LogP contribution in [-0.4, -0.2) is 21.1 Å². The van der Waals surface area contributed by atoms with Crippen molar-refractivity contribution in [2.75, 3.05) is 0 Å². The summed E-state index contributed by atoms with van der Waals surface area (Å²) in [5.41, 5.74) is 0. The Morgan fingerprint density at radius 2 is 1.00 bits per heavy atom. The SMILES string of the molecule is P.[CH3][Sn][CH3].c1ccc(Pc2ccccc2)cc1. The van der Waals surface area contributed by atoms with E-state index in [1.807, 2.05) is 0 Å². The number of benzene rings is 2. The predicted octanol–water partition coefficient (Wildman–Crippen LogP) is 3.16. The molecule has 3 heteroatoms. The van der Waals surface area contributed by atoms with E-state index in [1.165, 1.54) is 10.6 Å². The van der Waals surface area contributed by atoms with Gasteiger partial charge in [-0.25, -0.2) is 0 Å². The zero-order valence-corrected chi connectivity index (χ0v) is 15.7. The van der Waals surface area contributed by atoms with Gasteiger partial charge in [-0.3, -0.25) is 0 Å². The summed E-state index contributed by atoms with van der Waals surface area (Å²) >= 11 is 0.230. The van der Waals surface area contributed by atoms with Gasteiger partial charge in [-0.1, -0.05) is 69.2 Å². The molecule has 0 aromatic heterocycles. The fourth-order valence-corrected chi connectivity index (χ4v) is 2.26. The molecule has 0 aliphatic rings. The average molecular weight is 369 g/mol. The van der Waals surface area contributed by atoms with E-state index in [4.69, 9.17) is 0 Å². The second kappa shape index (κ2) is 11.2. The molecular formula is C14H20P2Sn. The normalized spacial score (nSPS) is 8.59. The molecule has 1 unspecified atom stereocenters. The van der Waals surface area contributed by atoms with Gasteiger partial charge in [0.2, 0.25) is 0 Å². The van der Waals surface area contributed by atoms with Crippen LogP contribution in [0.5, 0.6) is 0 Å². The van der Waals surface area contributed by atoms with Gasteiger partial charge in [0.25, 0.3) is 0 Å². The van der Waals surface area contributed by atoms with E-state index in [9.17, 15) is 0 Å². The molecule has 17 heavy (non-hydrogen) atoms. The Kier molecular flexibility index (Phi) is 11.3. The van der Waals surface area contributed by atoms with Crippen LogP contribution in [0.4, 0.5) is 0 Å². The van der Waals surface area contributed by atoms with Crippen molar-refractivity contribution < 1.29 is 0 Å². The summed E-state index contributed by atoms with van der Waals surface area (Å²) in [6.07, 6.45) is 0. The minimum absolute atomic E-state index is 0. The summed E-state index contributed by atoms with van der Waals surface area (Å²) in [5.74, 6) is 0. The molecule has 0 heterocycles. The van der Waals surface area contributed by atoms with Crippen molar-refractivity contribution in [2.24, 2.45) is 0 Å². The summed E-state index contributed by atoms with van der Waals surface area (Å²) in [4.78, 5) is 4.59. The van der Waals surface area contributed by atoms with E-state index >= 15 is 0 Å². The zero-order valence-electron chi connectivity index (χ0n) is 10.5. The van der Waals surface area contributed by atoms with Crippen LogP contribution in [0.1, 0.15) is 0 Å². The number of hydrogen-bond donors (Lipinski definition) is 0. The molecule has 2 aromatic carbocycles. The van der Waals surface area contributed by atoms with Crippen LogP contribution in [0, 0.1) is 0 Å². The van der Waals surface area contributed by atoms with Crippen molar-refractivity contribution in [1.82, 2.24) is 0 Å². The molecule has 0 amide bonds. The smallest absolute Gasteiger partial charge is 0.0226 e. The third kappa shape index (κ3) is 7.92. The second-order valence-electron chi connectivity index (χ2n) is 3.36. The fourth-order valence-electron chi connectivity index (χ4n) is 1.21. The first-order chi connectivity index (χ1) is 7.86. The maximum atomic E-state index is 2.30. The van der Waals surface area contributed by atoms with Crippen LogP contribution >= 0.6 is 18.5 Å². The third-order valence-corrected chi connectivity index (χ3v) is 3.08. The van der Waals surface area contributed by atoms with Crippen molar-refractivity contribution in [3.8, 4) is 0 Å². The standard InChI is InChI=1S/C12H11P.2CH3.H3P.Sn/c1-3-7-11(8-4-1)13-12-9-5-2-6-10-12;;;;/h1-10,13H;3*1H3;. The maximum absolute atomic E-state index is 2.30. The Morgan fingerprint density at radius 1 is 0.706 bits per heavy atom. The molecule has 2 aromatic rings. The Balaban J connectivity index is 0.000000583. The van der Waals surface area contributed by atoms with E-state index in [-0.39, 0.29) is 31.0 Å². The molecule has 0 aliphatic carbocycles. The van der Waals surface area contributed by atoms with Gasteiger partial charge in [0.1, 0.15) is 0 Å². The maximum Gasteiger partial charge on any atom is -0.0226 e. The Bertz CT molecular complexity index is 338. The van der Waals surface area contributed by atoms with Gasteiger partial charge in [-0.15, -0.1) is 0 Å². The van der Waals surface area contributed by atoms with Gasteiger partial charge >= 0.3 is 31.0 Å². The summed E-state index contributed by atoms with van der Waals surface area (Å²) in [6, 6.07) is 21.2. The van der Waals surface area contributed by atoms with Crippen LogP contribution in [-0.2, 0) is 0 Å². The molecular weight excluding hydrogens is 349 g/mol. The largest absolute Gasteiger partial charge is 0.0622 e. The van der Waals surface area contributed by atoms with Gasteiger partial charge in [0, 0.05) is 0 Å².